The van der Waals surface area contributed by atoms with Gasteiger partial charge >= 0.3 is 115 Å². The number of hydrogen-bond acceptors (Lipinski definition) is 4. The zero-order valence-corrected chi connectivity index (χ0v) is 21.1. The number of aromatic nitrogens is 2. The predicted octanol–water partition coefficient (Wildman–Crippen LogP) is -3.88. The van der Waals surface area contributed by atoms with E-state index in [-0.39, 0.29) is 147 Å². The molecule has 136 valence electrons. The second-order valence-corrected chi connectivity index (χ2v) is 5.28. The Morgan fingerprint density at radius 2 is 2.04 bits per heavy atom. The summed E-state index contributed by atoms with van der Waals surface area (Å²) in [6.45, 7) is 0.0506. The maximum atomic E-state index is 13.3. The number of methoxy groups -OCH3 is 1. The van der Waals surface area contributed by atoms with Gasteiger partial charge in [0.1, 0.15) is 11.4 Å². The van der Waals surface area contributed by atoms with Gasteiger partial charge in [0.2, 0.25) is 0 Å². The van der Waals surface area contributed by atoms with Crippen molar-refractivity contribution in [3.8, 4) is 11.4 Å². The van der Waals surface area contributed by atoms with Crippen LogP contribution in [-0.4, -0.2) is 40.4 Å². The van der Waals surface area contributed by atoms with Gasteiger partial charge in [-0.25, -0.2) is 9.48 Å². The Labute approximate surface area is 239 Å². The zero-order chi connectivity index (χ0) is 18.4. The van der Waals surface area contributed by atoms with Crippen LogP contribution in [0.1, 0.15) is 35.0 Å². The summed E-state index contributed by atoms with van der Waals surface area (Å²) < 4.78 is 45.5. The number of ether oxygens (including phenoxy) is 1. The standard InChI is InChI=1S/C15H12F3N3O4.2K.2H/c1-25-7-2-3-10(9(6-7)14(23)24)21-11-8(4-5-19-13(11)22)12(20-21)15(16,17)18;;;;/h2-3,6H,4-5H2,1H3,(H,19,22)(H,23,24);;;;/q;2*+1;2*-1. The molecule has 1 aliphatic heterocycles. The van der Waals surface area contributed by atoms with Crippen LogP contribution in [-0.2, 0) is 12.6 Å². The van der Waals surface area contributed by atoms with Gasteiger partial charge in [0.05, 0.1) is 18.4 Å². The van der Waals surface area contributed by atoms with Crippen LogP contribution >= 0.6 is 0 Å². The Balaban J connectivity index is 0. The molecule has 1 aliphatic rings. The summed E-state index contributed by atoms with van der Waals surface area (Å²) in [6.07, 6.45) is -4.81. The molecule has 0 saturated carbocycles. The normalized spacial score (nSPS) is 13.0. The number of amides is 1. The Morgan fingerprint density at radius 1 is 1.37 bits per heavy atom. The molecule has 0 unspecified atom stereocenters. The van der Waals surface area contributed by atoms with Crippen molar-refractivity contribution in [2.24, 2.45) is 0 Å². The maximum Gasteiger partial charge on any atom is 1.00 e. The number of nitrogens with zero attached hydrogens (tertiary/aromatic N) is 2. The molecule has 2 N–H and O–H groups in total. The first-order valence-corrected chi connectivity index (χ1v) is 7.13. The number of carboxylic acid groups (broad SMARTS) is 1. The average molecular weight is 435 g/mol. The van der Waals surface area contributed by atoms with E-state index in [1.807, 2.05) is 0 Å². The van der Waals surface area contributed by atoms with Crippen molar-refractivity contribution in [1.29, 1.82) is 0 Å². The monoisotopic (exact) mass is 435 g/mol. The van der Waals surface area contributed by atoms with Gasteiger partial charge in [-0.15, -0.1) is 0 Å². The molecular weight excluding hydrogens is 421 g/mol. The minimum Gasteiger partial charge on any atom is -1.00 e. The van der Waals surface area contributed by atoms with E-state index in [2.05, 4.69) is 10.4 Å². The van der Waals surface area contributed by atoms with Crippen LogP contribution in [0, 0.1) is 0 Å². The number of benzene rings is 1. The van der Waals surface area contributed by atoms with E-state index in [4.69, 9.17) is 4.74 Å². The van der Waals surface area contributed by atoms with E-state index in [1.165, 1.54) is 19.2 Å². The Morgan fingerprint density at radius 3 is 2.59 bits per heavy atom. The smallest absolute Gasteiger partial charge is 1.00 e. The molecule has 1 aromatic carbocycles. The zero-order valence-electron chi connectivity index (χ0n) is 16.8. The van der Waals surface area contributed by atoms with E-state index in [0.29, 0.717) is 0 Å². The molecule has 0 atom stereocenters. The van der Waals surface area contributed by atoms with Gasteiger partial charge in [-0.2, -0.15) is 18.3 Å². The molecule has 0 bridgehead atoms. The van der Waals surface area contributed by atoms with E-state index in [9.17, 15) is 27.9 Å². The molecule has 0 spiro atoms. The molecule has 0 aliphatic carbocycles. The van der Waals surface area contributed by atoms with Crippen molar-refractivity contribution in [3.05, 3.63) is 40.7 Å². The number of nitrogens with one attached hydrogen (secondary N) is 1. The summed E-state index contributed by atoms with van der Waals surface area (Å²) in [6, 6.07) is 3.78. The van der Waals surface area contributed by atoms with Crippen molar-refractivity contribution < 1.29 is 138 Å². The van der Waals surface area contributed by atoms with Crippen molar-refractivity contribution >= 4 is 11.9 Å². The minimum absolute atomic E-state index is 0. The Bertz CT molecular complexity index is 894. The third-order valence-corrected chi connectivity index (χ3v) is 3.79. The fraction of sp³-hybridized carbons (Fsp3) is 0.267. The van der Waals surface area contributed by atoms with E-state index in [0.717, 1.165) is 10.7 Å². The van der Waals surface area contributed by atoms with Gasteiger partial charge in [0.15, 0.2) is 5.69 Å². The molecule has 0 fully saturated rings. The molecule has 3 rings (SSSR count). The van der Waals surface area contributed by atoms with E-state index >= 15 is 0 Å². The fourth-order valence-electron chi connectivity index (χ4n) is 2.71. The number of carboxylic acids is 1. The number of rotatable bonds is 3. The van der Waals surface area contributed by atoms with E-state index in [1.54, 1.807) is 0 Å². The second-order valence-electron chi connectivity index (χ2n) is 5.28. The number of fused-ring (bicyclic) bond motifs is 1. The SMILES string of the molecule is COc1ccc(-n2nc(C(F)(F)F)c3c2C(=O)NCC3)c(C(=O)O)c1.[H-].[H-].[K+].[K+]. The van der Waals surface area contributed by atoms with Crippen LogP contribution in [0.15, 0.2) is 18.2 Å². The van der Waals surface area contributed by atoms with Gasteiger partial charge in [-0.05, 0) is 24.6 Å². The number of hydrogen-bond donors (Lipinski definition) is 2. The fourth-order valence-corrected chi connectivity index (χ4v) is 2.71. The van der Waals surface area contributed by atoms with Gasteiger partial charge in [-0.3, -0.25) is 4.79 Å². The summed E-state index contributed by atoms with van der Waals surface area (Å²) >= 11 is 0. The van der Waals surface area contributed by atoms with Crippen molar-refractivity contribution in [2.75, 3.05) is 13.7 Å². The maximum absolute atomic E-state index is 13.3. The van der Waals surface area contributed by atoms with Crippen LogP contribution in [0.5, 0.6) is 5.75 Å². The molecule has 2 heterocycles. The Kier molecular flexibility index (Phi) is 9.19. The summed E-state index contributed by atoms with van der Waals surface area (Å²) in [4.78, 5) is 23.6. The van der Waals surface area contributed by atoms with Crippen molar-refractivity contribution in [2.45, 2.75) is 12.6 Å². The molecule has 27 heavy (non-hydrogen) atoms. The molecule has 1 aromatic heterocycles. The number of carbonyl (C=O) groups excluding carboxylic acids is 1. The molecule has 1 amide bonds. The Hall–Kier alpha value is 0.233. The third-order valence-electron chi connectivity index (χ3n) is 3.79. The first-order chi connectivity index (χ1) is 11.7. The first kappa shape index (κ1) is 25.3. The van der Waals surface area contributed by atoms with Crippen LogP contribution in [0.4, 0.5) is 13.2 Å². The van der Waals surface area contributed by atoms with Crippen molar-refractivity contribution in [1.82, 2.24) is 15.1 Å². The molecular formula is C15H14F3K2N3O4. The van der Waals surface area contributed by atoms with Crippen LogP contribution in [0.25, 0.3) is 5.69 Å². The van der Waals surface area contributed by atoms with E-state index < -0.39 is 23.7 Å². The van der Waals surface area contributed by atoms with Gasteiger partial charge in [0, 0.05) is 12.1 Å². The minimum atomic E-state index is -4.76. The number of carbonyl (C=O) groups is 2. The number of halogens is 3. The van der Waals surface area contributed by atoms with Gasteiger partial charge in [-0.1, -0.05) is 0 Å². The number of alkyl halides is 3. The molecule has 7 nitrogen and oxygen atoms in total. The largest absolute Gasteiger partial charge is 1.00 e. The van der Waals surface area contributed by atoms with Crippen molar-refractivity contribution in [3.63, 3.8) is 0 Å². The molecule has 0 radical (unpaired) electrons. The summed E-state index contributed by atoms with van der Waals surface area (Å²) in [5, 5.41) is 15.3. The summed E-state index contributed by atoms with van der Waals surface area (Å²) in [7, 11) is 1.33. The van der Waals surface area contributed by atoms with Gasteiger partial charge in [0.25, 0.3) is 5.91 Å². The second kappa shape index (κ2) is 9.82. The average Bonchev–Trinajstić information content (AvgIpc) is 2.95. The van der Waals surface area contributed by atoms with Crippen LogP contribution in [0.3, 0.4) is 0 Å². The topological polar surface area (TPSA) is 93.5 Å². The van der Waals surface area contributed by atoms with Crippen LogP contribution in [0.2, 0.25) is 0 Å². The quantitative estimate of drug-likeness (QED) is 0.481. The van der Waals surface area contributed by atoms with Crippen LogP contribution < -0.4 is 113 Å². The molecule has 12 heteroatoms. The molecule has 2 aromatic rings. The predicted molar refractivity (Wildman–Crippen MR) is 80.3 cm³/mol. The number of aromatic carboxylic acids is 1. The molecule has 0 saturated heterocycles. The summed E-state index contributed by atoms with van der Waals surface area (Å²) in [5.41, 5.74) is -2.24. The van der Waals surface area contributed by atoms with Gasteiger partial charge < -0.3 is 18.0 Å². The summed E-state index contributed by atoms with van der Waals surface area (Å²) in [5.74, 6) is -1.91. The third kappa shape index (κ3) is 5.05. The first-order valence-electron chi connectivity index (χ1n) is 7.13.